The summed E-state index contributed by atoms with van der Waals surface area (Å²) in [6.45, 7) is 13.8. The molecule has 3 aliphatic heterocycles. The zero-order valence-electron chi connectivity index (χ0n) is 21.0. The van der Waals surface area contributed by atoms with Gasteiger partial charge in [-0.25, -0.2) is 0 Å². The SMILES string of the molecule is CCCn1nc(C(=O)N2CCCC2)c2c1CCC(N1CCC(N3C[C@@H](C)O[C@@H](C)C3)CC1)C2. The standard InChI is InChI=1S/C26H43N5O2/c1-4-11-31-24-8-7-22(16-23(24)25(27-31)26(32)29-12-5-6-13-29)28-14-9-21(10-15-28)30-17-19(2)33-20(3)18-30/h19-22H,4-18H2,1-3H3/t19-,20+,22?. The number of rotatable bonds is 5. The molecule has 3 fully saturated rings. The van der Waals surface area contributed by atoms with Crippen molar-refractivity contribution in [3.63, 3.8) is 0 Å². The fraction of sp³-hybridized carbons (Fsp3) is 0.846. The number of carbonyl (C=O) groups is 1. The lowest BCUT2D eigenvalue weighted by atomic mass is 9.88. The molecule has 33 heavy (non-hydrogen) atoms. The van der Waals surface area contributed by atoms with Crippen molar-refractivity contribution in [3.8, 4) is 0 Å². The largest absolute Gasteiger partial charge is 0.373 e. The predicted molar refractivity (Wildman–Crippen MR) is 130 cm³/mol. The van der Waals surface area contributed by atoms with Crippen molar-refractivity contribution in [2.24, 2.45) is 0 Å². The minimum atomic E-state index is 0.175. The highest BCUT2D eigenvalue weighted by atomic mass is 16.5. The van der Waals surface area contributed by atoms with Crippen LogP contribution in [0.1, 0.15) is 81.0 Å². The van der Waals surface area contributed by atoms with E-state index in [9.17, 15) is 4.79 Å². The van der Waals surface area contributed by atoms with Crippen LogP contribution in [0.3, 0.4) is 0 Å². The molecule has 0 bridgehead atoms. The van der Waals surface area contributed by atoms with Gasteiger partial charge in [0.15, 0.2) is 5.69 Å². The van der Waals surface area contributed by atoms with Crippen molar-refractivity contribution in [1.29, 1.82) is 0 Å². The van der Waals surface area contributed by atoms with Crippen LogP contribution in [0.2, 0.25) is 0 Å². The number of amides is 1. The number of piperidine rings is 1. The quantitative estimate of drug-likeness (QED) is 0.681. The molecule has 0 N–H and O–H groups in total. The third-order valence-electron chi connectivity index (χ3n) is 8.33. The molecule has 7 nitrogen and oxygen atoms in total. The van der Waals surface area contributed by atoms with Crippen molar-refractivity contribution >= 4 is 5.91 Å². The molecule has 0 radical (unpaired) electrons. The fourth-order valence-electron chi connectivity index (χ4n) is 6.75. The molecule has 0 saturated carbocycles. The maximum Gasteiger partial charge on any atom is 0.274 e. The van der Waals surface area contributed by atoms with Crippen LogP contribution in [-0.2, 0) is 24.1 Å². The molecule has 3 saturated heterocycles. The third-order valence-corrected chi connectivity index (χ3v) is 8.33. The number of fused-ring (bicyclic) bond motifs is 1. The predicted octanol–water partition coefficient (Wildman–Crippen LogP) is 2.96. The van der Waals surface area contributed by atoms with E-state index in [2.05, 4.69) is 35.3 Å². The van der Waals surface area contributed by atoms with E-state index in [4.69, 9.17) is 9.84 Å². The molecule has 1 aromatic rings. The molecule has 7 heteroatoms. The van der Waals surface area contributed by atoms with Gasteiger partial charge in [-0.15, -0.1) is 0 Å². The van der Waals surface area contributed by atoms with Gasteiger partial charge in [-0.1, -0.05) is 6.92 Å². The molecule has 3 atom stereocenters. The minimum absolute atomic E-state index is 0.175. The number of hydrogen-bond donors (Lipinski definition) is 0. The summed E-state index contributed by atoms with van der Waals surface area (Å²) in [5.41, 5.74) is 3.35. The second kappa shape index (κ2) is 10.0. The van der Waals surface area contributed by atoms with Crippen LogP contribution in [-0.4, -0.2) is 93.9 Å². The highest BCUT2D eigenvalue weighted by molar-refractivity contribution is 5.94. The van der Waals surface area contributed by atoms with E-state index in [0.29, 0.717) is 24.3 Å². The van der Waals surface area contributed by atoms with Crippen LogP contribution in [0.25, 0.3) is 0 Å². The maximum absolute atomic E-state index is 13.3. The average Bonchev–Trinajstić information content (AvgIpc) is 3.47. The molecule has 0 spiro atoms. The molecule has 4 heterocycles. The fourth-order valence-corrected chi connectivity index (χ4v) is 6.75. The Labute approximate surface area is 199 Å². The first-order chi connectivity index (χ1) is 16.0. The Morgan fingerprint density at radius 3 is 2.33 bits per heavy atom. The summed E-state index contributed by atoms with van der Waals surface area (Å²) in [6, 6.07) is 1.24. The third kappa shape index (κ3) is 4.87. The highest BCUT2D eigenvalue weighted by Crippen LogP contribution is 2.31. The number of hydrogen-bond acceptors (Lipinski definition) is 5. The van der Waals surface area contributed by atoms with Gasteiger partial charge in [0.2, 0.25) is 0 Å². The van der Waals surface area contributed by atoms with Gasteiger partial charge in [0.1, 0.15) is 0 Å². The monoisotopic (exact) mass is 457 g/mol. The molecule has 0 aromatic carbocycles. The average molecular weight is 458 g/mol. The lowest BCUT2D eigenvalue weighted by Crippen LogP contribution is -2.54. The van der Waals surface area contributed by atoms with E-state index in [1.165, 1.54) is 43.6 Å². The Balaban J connectivity index is 1.25. The molecule has 1 aliphatic carbocycles. The Morgan fingerprint density at radius 2 is 1.67 bits per heavy atom. The van der Waals surface area contributed by atoms with Gasteiger partial charge in [-0.2, -0.15) is 5.10 Å². The van der Waals surface area contributed by atoms with E-state index in [-0.39, 0.29) is 5.91 Å². The topological polar surface area (TPSA) is 53.8 Å². The number of carbonyl (C=O) groups excluding carboxylic acids is 1. The lowest BCUT2D eigenvalue weighted by Gasteiger charge is -2.45. The van der Waals surface area contributed by atoms with Crippen LogP contribution in [0.15, 0.2) is 0 Å². The van der Waals surface area contributed by atoms with Crippen molar-refractivity contribution in [2.75, 3.05) is 39.3 Å². The van der Waals surface area contributed by atoms with E-state index in [1.807, 2.05) is 4.90 Å². The zero-order valence-corrected chi connectivity index (χ0v) is 21.0. The van der Waals surface area contributed by atoms with Gasteiger partial charge in [0.25, 0.3) is 5.91 Å². The number of aromatic nitrogens is 2. The van der Waals surface area contributed by atoms with Crippen molar-refractivity contribution in [3.05, 3.63) is 17.0 Å². The van der Waals surface area contributed by atoms with Gasteiger partial charge in [0, 0.05) is 56.1 Å². The molecule has 1 unspecified atom stereocenters. The molecule has 4 aliphatic rings. The number of ether oxygens (including phenoxy) is 1. The van der Waals surface area contributed by atoms with Crippen LogP contribution >= 0.6 is 0 Å². The smallest absolute Gasteiger partial charge is 0.274 e. The molecular formula is C26H43N5O2. The van der Waals surface area contributed by atoms with Crippen LogP contribution in [0.4, 0.5) is 0 Å². The Kier molecular flexibility index (Phi) is 7.09. The summed E-state index contributed by atoms with van der Waals surface area (Å²) in [4.78, 5) is 20.7. The molecular weight excluding hydrogens is 414 g/mol. The summed E-state index contributed by atoms with van der Waals surface area (Å²) in [6.07, 6.45) is 9.73. The van der Waals surface area contributed by atoms with Gasteiger partial charge in [-0.3, -0.25) is 19.3 Å². The summed E-state index contributed by atoms with van der Waals surface area (Å²) in [7, 11) is 0. The van der Waals surface area contributed by atoms with Gasteiger partial charge in [0.05, 0.1) is 12.2 Å². The maximum atomic E-state index is 13.3. The first-order valence-corrected chi connectivity index (χ1v) is 13.5. The summed E-state index contributed by atoms with van der Waals surface area (Å²) in [5, 5.41) is 4.88. The number of morpholine rings is 1. The zero-order chi connectivity index (χ0) is 22.9. The number of nitrogens with zero attached hydrogens (tertiary/aromatic N) is 5. The summed E-state index contributed by atoms with van der Waals surface area (Å²) in [5.74, 6) is 0.175. The Morgan fingerprint density at radius 1 is 0.970 bits per heavy atom. The Hall–Kier alpha value is -1.44. The second-order valence-electron chi connectivity index (χ2n) is 10.9. The first kappa shape index (κ1) is 23.3. The molecule has 1 amide bonds. The first-order valence-electron chi connectivity index (χ1n) is 13.5. The van der Waals surface area contributed by atoms with Crippen molar-refractivity contribution in [2.45, 2.75) is 103 Å². The lowest BCUT2D eigenvalue weighted by molar-refractivity contribution is -0.0875. The molecule has 5 rings (SSSR count). The van der Waals surface area contributed by atoms with E-state index in [1.54, 1.807) is 0 Å². The Bertz CT molecular complexity index is 815. The molecule has 1 aromatic heterocycles. The van der Waals surface area contributed by atoms with Gasteiger partial charge in [-0.05, 0) is 78.3 Å². The number of aryl methyl sites for hydroxylation is 1. The molecule has 184 valence electrons. The van der Waals surface area contributed by atoms with Crippen LogP contribution in [0.5, 0.6) is 0 Å². The summed E-state index contributed by atoms with van der Waals surface area (Å²) >= 11 is 0. The van der Waals surface area contributed by atoms with Crippen molar-refractivity contribution in [1.82, 2.24) is 24.5 Å². The van der Waals surface area contributed by atoms with E-state index < -0.39 is 0 Å². The normalized spacial score (nSPS) is 30.0. The minimum Gasteiger partial charge on any atom is -0.373 e. The summed E-state index contributed by atoms with van der Waals surface area (Å²) < 4.78 is 8.11. The number of likely N-dealkylation sites (tertiary alicyclic amines) is 2. The van der Waals surface area contributed by atoms with Crippen LogP contribution in [0, 0.1) is 0 Å². The van der Waals surface area contributed by atoms with Crippen LogP contribution < -0.4 is 0 Å². The highest BCUT2D eigenvalue weighted by Gasteiger charge is 2.36. The second-order valence-corrected chi connectivity index (χ2v) is 10.9. The van der Waals surface area contributed by atoms with Gasteiger partial charge < -0.3 is 9.64 Å². The van der Waals surface area contributed by atoms with Crippen molar-refractivity contribution < 1.29 is 9.53 Å². The van der Waals surface area contributed by atoms with Gasteiger partial charge >= 0.3 is 0 Å². The van der Waals surface area contributed by atoms with E-state index >= 15 is 0 Å². The van der Waals surface area contributed by atoms with E-state index in [0.717, 1.165) is 70.5 Å².